The van der Waals surface area contributed by atoms with Crippen LogP contribution in [0.3, 0.4) is 0 Å². The van der Waals surface area contributed by atoms with Crippen LogP contribution in [0.4, 0.5) is 6.01 Å². The summed E-state index contributed by atoms with van der Waals surface area (Å²) in [6.45, 7) is 2.67. The molecule has 7 nitrogen and oxygen atoms in total. The fourth-order valence-electron chi connectivity index (χ4n) is 2.92. The number of hydrogen-bond donors (Lipinski definition) is 0. The van der Waals surface area contributed by atoms with Crippen molar-refractivity contribution in [2.24, 2.45) is 0 Å². The molecule has 0 bridgehead atoms. The second-order valence-electron chi connectivity index (χ2n) is 5.88. The van der Waals surface area contributed by atoms with Crippen LogP contribution in [0.1, 0.15) is 17.0 Å². The zero-order chi connectivity index (χ0) is 17.1. The molecule has 25 heavy (non-hydrogen) atoms. The first kappa shape index (κ1) is 15.4. The number of carbonyl (C=O) groups excluding carboxylic acids is 1. The maximum atomic E-state index is 12.4. The summed E-state index contributed by atoms with van der Waals surface area (Å²) in [6.07, 6.45) is 2.34. The van der Waals surface area contributed by atoms with Crippen LogP contribution in [-0.4, -0.2) is 47.1 Å². The molecule has 0 aliphatic carbocycles. The first-order valence-electron chi connectivity index (χ1n) is 8.28. The summed E-state index contributed by atoms with van der Waals surface area (Å²) >= 11 is 0. The van der Waals surface area contributed by atoms with Crippen molar-refractivity contribution < 1.29 is 13.7 Å². The molecule has 1 aliphatic heterocycles. The Bertz CT molecular complexity index is 829. The Kier molecular flexibility index (Phi) is 4.20. The summed E-state index contributed by atoms with van der Waals surface area (Å²) in [7, 11) is 0. The Hall–Kier alpha value is -3.09. The number of amides is 1. The van der Waals surface area contributed by atoms with Crippen LogP contribution in [-0.2, 0) is 0 Å². The van der Waals surface area contributed by atoms with Crippen LogP contribution in [0.25, 0.3) is 11.4 Å². The Balaban J connectivity index is 1.45. The summed E-state index contributed by atoms with van der Waals surface area (Å²) in [5, 5.41) is 4.06. The quantitative estimate of drug-likeness (QED) is 0.731. The lowest BCUT2D eigenvalue weighted by Crippen LogP contribution is -2.35. The number of carbonyl (C=O) groups is 1. The topological polar surface area (TPSA) is 75.6 Å². The van der Waals surface area contributed by atoms with Crippen LogP contribution in [0.15, 0.2) is 57.7 Å². The molecule has 1 saturated heterocycles. The average Bonchev–Trinajstić information content (AvgIpc) is 3.30. The van der Waals surface area contributed by atoms with Gasteiger partial charge in [0.2, 0.25) is 5.82 Å². The molecule has 1 aromatic carbocycles. The maximum Gasteiger partial charge on any atom is 0.324 e. The number of anilines is 1. The van der Waals surface area contributed by atoms with Gasteiger partial charge in [-0.15, -0.1) is 0 Å². The molecule has 7 heteroatoms. The minimum Gasteiger partial charge on any atom is -0.459 e. The summed E-state index contributed by atoms with van der Waals surface area (Å²) in [4.78, 5) is 20.7. The third-order valence-corrected chi connectivity index (χ3v) is 4.23. The molecule has 0 radical (unpaired) electrons. The van der Waals surface area contributed by atoms with Gasteiger partial charge in [0.1, 0.15) is 0 Å². The molecule has 0 spiro atoms. The molecule has 3 aromatic rings. The van der Waals surface area contributed by atoms with E-state index in [4.69, 9.17) is 8.94 Å². The smallest absolute Gasteiger partial charge is 0.324 e. The van der Waals surface area contributed by atoms with Crippen molar-refractivity contribution >= 4 is 11.9 Å². The van der Waals surface area contributed by atoms with Gasteiger partial charge in [0.15, 0.2) is 5.76 Å². The normalized spacial score (nSPS) is 15.2. The van der Waals surface area contributed by atoms with E-state index in [1.165, 1.54) is 6.26 Å². The third-order valence-electron chi connectivity index (χ3n) is 4.23. The average molecular weight is 338 g/mol. The van der Waals surface area contributed by atoms with Crippen LogP contribution in [0, 0.1) is 0 Å². The largest absolute Gasteiger partial charge is 0.459 e. The van der Waals surface area contributed by atoms with E-state index in [0.717, 1.165) is 18.5 Å². The lowest BCUT2D eigenvalue weighted by atomic mass is 10.2. The number of rotatable bonds is 3. The number of aromatic nitrogens is 2. The number of nitrogens with zero attached hydrogens (tertiary/aromatic N) is 4. The van der Waals surface area contributed by atoms with Gasteiger partial charge in [0.05, 0.1) is 6.26 Å². The maximum absolute atomic E-state index is 12.4. The molecular weight excluding hydrogens is 320 g/mol. The highest BCUT2D eigenvalue weighted by Crippen LogP contribution is 2.21. The van der Waals surface area contributed by atoms with Gasteiger partial charge in [0, 0.05) is 31.7 Å². The molecule has 4 rings (SSSR count). The van der Waals surface area contributed by atoms with Gasteiger partial charge in [-0.25, -0.2) is 0 Å². The zero-order valence-electron chi connectivity index (χ0n) is 13.7. The first-order valence-corrected chi connectivity index (χ1v) is 8.28. The van der Waals surface area contributed by atoms with Gasteiger partial charge in [-0.3, -0.25) is 4.79 Å². The van der Waals surface area contributed by atoms with Gasteiger partial charge in [0.25, 0.3) is 5.91 Å². The third kappa shape index (κ3) is 3.26. The van der Waals surface area contributed by atoms with Crippen LogP contribution < -0.4 is 4.90 Å². The summed E-state index contributed by atoms with van der Waals surface area (Å²) in [5.74, 6) is 0.864. The molecular formula is C18H18N4O3. The number of benzene rings is 1. The molecule has 1 fully saturated rings. The monoisotopic (exact) mass is 338 g/mol. The van der Waals surface area contributed by atoms with Crippen molar-refractivity contribution in [3.05, 3.63) is 54.5 Å². The number of hydrogen-bond acceptors (Lipinski definition) is 6. The zero-order valence-corrected chi connectivity index (χ0v) is 13.7. The molecule has 0 atom stereocenters. The van der Waals surface area contributed by atoms with E-state index in [-0.39, 0.29) is 5.91 Å². The molecule has 0 unspecified atom stereocenters. The van der Waals surface area contributed by atoms with E-state index in [0.29, 0.717) is 37.2 Å². The molecule has 128 valence electrons. The van der Waals surface area contributed by atoms with Crippen molar-refractivity contribution in [1.82, 2.24) is 15.0 Å². The van der Waals surface area contributed by atoms with Crippen molar-refractivity contribution in [3.8, 4) is 11.4 Å². The van der Waals surface area contributed by atoms with E-state index in [1.807, 2.05) is 35.2 Å². The van der Waals surface area contributed by atoms with Crippen LogP contribution >= 0.6 is 0 Å². The van der Waals surface area contributed by atoms with Gasteiger partial charge >= 0.3 is 6.01 Å². The fourth-order valence-corrected chi connectivity index (χ4v) is 2.92. The lowest BCUT2D eigenvalue weighted by molar-refractivity contribution is 0.0735. The van der Waals surface area contributed by atoms with Crippen molar-refractivity contribution in [3.63, 3.8) is 0 Å². The van der Waals surface area contributed by atoms with E-state index in [1.54, 1.807) is 17.0 Å². The lowest BCUT2D eigenvalue weighted by Gasteiger charge is -2.19. The van der Waals surface area contributed by atoms with E-state index >= 15 is 0 Å². The van der Waals surface area contributed by atoms with Gasteiger partial charge in [-0.05, 0) is 18.6 Å². The summed E-state index contributed by atoms with van der Waals surface area (Å²) in [6, 6.07) is 13.6. The highest BCUT2D eigenvalue weighted by atomic mass is 16.5. The predicted octanol–water partition coefficient (Wildman–Crippen LogP) is 2.68. The first-order chi connectivity index (χ1) is 12.3. The SMILES string of the molecule is O=C(c1ccco1)N1CCCN(c2nc(-c3ccccc3)no2)CC1. The van der Waals surface area contributed by atoms with Crippen molar-refractivity contribution in [1.29, 1.82) is 0 Å². The van der Waals surface area contributed by atoms with Gasteiger partial charge < -0.3 is 18.7 Å². The van der Waals surface area contributed by atoms with Crippen molar-refractivity contribution in [2.75, 3.05) is 31.1 Å². The van der Waals surface area contributed by atoms with E-state index in [2.05, 4.69) is 10.1 Å². The standard InChI is InChI=1S/C18H18N4O3/c23-17(15-8-4-13-24-15)21-9-5-10-22(12-11-21)18-19-16(20-25-18)14-6-2-1-3-7-14/h1-4,6-8,13H,5,9-12H2. The minimum absolute atomic E-state index is 0.0812. The van der Waals surface area contributed by atoms with E-state index in [9.17, 15) is 4.79 Å². The highest BCUT2D eigenvalue weighted by molar-refractivity contribution is 5.91. The Morgan fingerprint density at radius 3 is 2.68 bits per heavy atom. The molecule has 2 aromatic heterocycles. The highest BCUT2D eigenvalue weighted by Gasteiger charge is 2.24. The van der Waals surface area contributed by atoms with Crippen LogP contribution in [0.2, 0.25) is 0 Å². The van der Waals surface area contributed by atoms with Crippen LogP contribution in [0.5, 0.6) is 0 Å². The van der Waals surface area contributed by atoms with Gasteiger partial charge in [-0.2, -0.15) is 4.98 Å². The van der Waals surface area contributed by atoms with Crippen molar-refractivity contribution in [2.45, 2.75) is 6.42 Å². The second-order valence-corrected chi connectivity index (χ2v) is 5.88. The molecule has 1 aliphatic rings. The molecule has 3 heterocycles. The van der Waals surface area contributed by atoms with E-state index < -0.39 is 0 Å². The molecule has 0 N–H and O–H groups in total. The second kappa shape index (κ2) is 6.80. The Morgan fingerprint density at radius 1 is 1.00 bits per heavy atom. The predicted molar refractivity (Wildman–Crippen MR) is 91.2 cm³/mol. The summed E-state index contributed by atoms with van der Waals surface area (Å²) < 4.78 is 10.6. The minimum atomic E-state index is -0.0812. The fraction of sp³-hybridized carbons (Fsp3) is 0.278. The summed E-state index contributed by atoms with van der Waals surface area (Å²) in [5.41, 5.74) is 0.918. The molecule has 1 amide bonds. The Labute approximate surface area is 144 Å². The number of furan rings is 1. The Morgan fingerprint density at radius 2 is 1.88 bits per heavy atom. The molecule has 0 saturated carbocycles. The van der Waals surface area contributed by atoms with Gasteiger partial charge in [-0.1, -0.05) is 35.5 Å².